The Hall–Kier alpha value is -2.99. The molecule has 1 heterocycles. The van der Waals surface area contributed by atoms with Crippen molar-refractivity contribution < 1.29 is 19.0 Å². The first-order chi connectivity index (χ1) is 14.1. The van der Waals surface area contributed by atoms with Crippen molar-refractivity contribution in [3.63, 3.8) is 0 Å². The van der Waals surface area contributed by atoms with Crippen molar-refractivity contribution >= 4 is 17.3 Å². The van der Waals surface area contributed by atoms with Crippen LogP contribution in [0.2, 0.25) is 0 Å². The summed E-state index contributed by atoms with van der Waals surface area (Å²) in [5, 5.41) is 5.98. The molecule has 2 aromatic rings. The lowest BCUT2D eigenvalue weighted by atomic mass is 10.2. The van der Waals surface area contributed by atoms with Gasteiger partial charge in [0.15, 0.2) is 0 Å². The molecule has 1 aliphatic rings. The zero-order valence-electron chi connectivity index (χ0n) is 16.8. The normalized spacial score (nSPS) is 15.6. The van der Waals surface area contributed by atoms with Gasteiger partial charge in [-0.1, -0.05) is 18.7 Å². The zero-order chi connectivity index (χ0) is 20.5. The number of hydrogen-bond donors (Lipinski definition) is 2. The molecule has 29 heavy (non-hydrogen) atoms. The van der Waals surface area contributed by atoms with E-state index in [2.05, 4.69) is 17.2 Å². The molecule has 6 heteroatoms. The highest BCUT2D eigenvalue weighted by Crippen LogP contribution is 2.24. The molecule has 2 N–H and O–H groups in total. The van der Waals surface area contributed by atoms with Gasteiger partial charge in [-0.25, -0.2) is 0 Å². The van der Waals surface area contributed by atoms with E-state index in [-0.39, 0.29) is 18.6 Å². The van der Waals surface area contributed by atoms with Gasteiger partial charge in [-0.2, -0.15) is 0 Å². The molecule has 154 valence electrons. The van der Waals surface area contributed by atoms with Crippen LogP contribution in [0, 0.1) is 0 Å². The molecule has 0 radical (unpaired) electrons. The summed E-state index contributed by atoms with van der Waals surface area (Å²) < 4.78 is 17.0. The van der Waals surface area contributed by atoms with E-state index in [4.69, 9.17) is 14.2 Å². The van der Waals surface area contributed by atoms with Crippen molar-refractivity contribution in [2.45, 2.75) is 25.9 Å². The van der Waals surface area contributed by atoms with Gasteiger partial charge in [0.1, 0.15) is 24.7 Å². The predicted molar refractivity (Wildman–Crippen MR) is 115 cm³/mol. The summed E-state index contributed by atoms with van der Waals surface area (Å²) >= 11 is 0. The van der Waals surface area contributed by atoms with Gasteiger partial charge >= 0.3 is 0 Å². The van der Waals surface area contributed by atoms with Gasteiger partial charge in [-0.15, -0.1) is 0 Å². The van der Waals surface area contributed by atoms with Crippen LogP contribution in [0.5, 0.6) is 11.5 Å². The first kappa shape index (κ1) is 20.7. The molecule has 1 unspecified atom stereocenters. The van der Waals surface area contributed by atoms with E-state index < -0.39 is 0 Å². The molecule has 3 rings (SSSR count). The Labute approximate surface area is 171 Å². The topological polar surface area (TPSA) is 68.8 Å². The lowest BCUT2D eigenvalue weighted by Crippen LogP contribution is -2.22. The van der Waals surface area contributed by atoms with E-state index in [0.717, 1.165) is 36.5 Å². The van der Waals surface area contributed by atoms with Gasteiger partial charge in [-0.3, -0.25) is 4.79 Å². The van der Waals surface area contributed by atoms with Crippen molar-refractivity contribution in [3.05, 3.63) is 60.7 Å². The molecular weight excluding hydrogens is 368 g/mol. The van der Waals surface area contributed by atoms with Crippen LogP contribution in [0.3, 0.4) is 0 Å². The first-order valence-corrected chi connectivity index (χ1v) is 9.84. The maximum atomic E-state index is 12.3. The van der Waals surface area contributed by atoms with Gasteiger partial charge < -0.3 is 24.8 Å². The third-order valence-electron chi connectivity index (χ3n) is 4.40. The lowest BCUT2D eigenvalue weighted by molar-refractivity contribution is -0.114. The second-order valence-electron chi connectivity index (χ2n) is 7.11. The molecule has 0 aliphatic carbocycles. The minimum atomic E-state index is -0.157. The van der Waals surface area contributed by atoms with Crippen molar-refractivity contribution in [1.82, 2.24) is 0 Å². The molecular formula is C23H28N2O4. The van der Waals surface area contributed by atoms with E-state index >= 15 is 0 Å². The predicted octanol–water partition coefficient (Wildman–Crippen LogP) is 4.25. The van der Waals surface area contributed by atoms with Crippen LogP contribution in [0.25, 0.3) is 0 Å². The smallest absolute Gasteiger partial charge is 0.243 e. The molecule has 0 saturated carbocycles. The summed E-state index contributed by atoms with van der Waals surface area (Å²) in [5.74, 6) is 1.26. The minimum Gasteiger partial charge on any atom is -0.491 e. The van der Waals surface area contributed by atoms with Gasteiger partial charge in [0.2, 0.25) is 5.91 Å². The van der Waals surface area contributed by atoms with E-state index in [0.29, 0.717) is 24.7 Å². The number of para-hydroxylation sites is 2. The Morgan fingerprint density at radius 2 is 1.97 bits per heavy atom. The molecule has 1 saturated heterocycles. The third-order valence-corrected chi connectivity index (χ3v) is 4.40. The molecule has 6 nitrogen and oxygen atoms in total. The largest absolute Gasteiger partial charge is 0.491 e. The van der Waals surface area contributed by atoms with Gasteiger partial charge in [0, 0.05) is 12.3 Å². The molecule has 0 aromatic heterocycles. The molecule has 1 fully saturated rings. The second-order valence-corrected chi connectivity index (χ2v) is 7.11. The van der Waals surface area contributed by atoms with E-state index in [1.165, 1.54) is 0 Å². The fraction of sp³-hybridized carbons (Fsp3) is 0.348. The van der Waals surface area contributed by atoms with Crippen molar-refractivity contribution in [1.29, 1.82) is 0 Å². The number of rotatable bonds is 10. The monoisotopic (exact) mass is 396 g/mol. The molecule has 0 spiro atoms. The van der Waals surface area contributed by atoms with Crippen LogP contribution in [0.1, 0.15) is 19.8 Å². The highest BCUT2D eigenvalue weighted by atomic mass is 16.5. The third kappa shape index (κ3) is 6.84. The van der Waals surface area contributed by atoms with Crippen LogP contribution >= 0.6 is 0 Å². The summed E-state index contributed by atoms with van der Waals surface area (Å²) in [6, 6.07) is 14.9. The number of nitrogens with one attached hydrogen (secondary N) is 2. The molecule has 1 amide bonds. The lowest BCUT2D eigenvalue weighted by Gasteiger charge is -2.14. The van der Waals surface area contributed by atoms with Crippen LogP contribution in [0.4, 0.5) is 11.4 Å². The van der Waals surface area contributed by atoms with Crippen molar-refractivity contribution in [2.75, 3.05) is 37.0 Å². The first-order valence-electron chi connectivity index (χ1n) is 9.84. The maximum absolute atomic E-state index is 12.3. The second kappa shape index (κ2) is 10.5. The van der Waals surface area contributed by atoms with E-state index in [1.54, 1.807) is 0 Å². The molecule has 0 bridgehead atoms. The SMILES string of the molecule is C=C(C)COc1ccccc1NC(=O)CNc1ccc(OCC2CCCO2)cc1. The number of hydrogen-bond acceptors (Lipinski definition) is 5. The fourth-order valence-electron chi connectivity index (χ4n) is 2.91. The van der Waals surface area contributed by atoms with Crippen LogP contribution in [-0.2, 0) is 9.53 Å². The summed E-state index contributed by atoms with van der Waals surface area (Å²) in [6.45, 7) is 7.66. The minimum absolute atomic E-state index is 0.144. The average Bonchev–Trinajstić information content (AvgIpc) is 3.24. The van der Waals surface area contributed by atoms with E-state index in [9.17, 15) is 4.79 Å². The number of benzene rings is 2. The Balaban J connectivity index is 1.45. The Kier molecular flexibility index (Phi) is 7.53. The van der Waals surface area contributed by atoms with Crippen molar-refractivity contribution in [2.24, 2.45) is 0 Å². The number of ether oxygens (including phenoxy) is 3. The standard InChI is InChI=1S/C23H28N2O4/c1-17(2)15-29-22-8-4-3-7-21(22)25-23(26)14-24-18-9-11-19(12-10-18)28-16-20-6-5-13-27-20/h3-4,7-12,20,24H,1,5-6,13-16H2,2H3,(H,25,26). The molecule has 2 aromatic carbocycles. The van der Waals surface area contributed by atoms with Gasteiger partial charge in [0.05, 0.1) is 18.3 Å². The summed E-state index contributed by atoms with van der Waals surface area (Å²) in [6.07, 6.45) is 2.35. The fourth-order valence-corrected chi connectivity index (χ4v) is 2.91. The summed E-state index contributed by atoms with van der Waals surface area (Å²) in [4.78, 5) is 12.3. The zero-order valence-corrected chi connectivity index (χ0v) is 16.8. The van der Waals surface area contributed by atoms with Gasteiger partial charge in [0.25, 0.3) is 0 Å². The summed E-state index contributed by atoms with van der Waals surface area (Å²) in [7, 11) is 0. The molecule has 1 aliphatic heterocycles. The van der Waals surface area contributed by atoms with Crippen molar-refractivity contribution in [3.8, 4) is 11.5 Å². The van der Waals surface area contributed by atoms with Crippen LogP contribution in [0.15, 0.2) is 60.7 Å². The van der Waals surface area contributed by atoms with E-state index in [1.807, 2.05) is 55.5 Å². The highest BCUT2D eigenvalue weighted by molar-refractivity contribution is 5.95. The Bertz CT molecular complexity index is 814. The van der Waals surface area contributed by atoms with Crippen LogP contribution < -0.4 is 20.1 Å². The summed E-state index contributed by atoms with van der Waals surface area (Å²) in [5.41, 5.74) is 2.39. The number of carbonyl (C=O) groups excluding carboxylic acids is 1. The molecule has 1 atom stereocenters. The van der Waals surface area contributed by atoms with Gasteiger partial charge in [-0.05, 0) is 61.7 Å². The number of amides is 1. The van der Waals surface area contributed by atoms with Crippen LogP contribution in [-0.4, -0.2) is 38.4 Å². The Morgan fingerprint density at radius 1 is 1.17 bits per heavy atom. The quantitative estimate of drug-likeness (QED) is 0.588. The maximum Gasteiger partial charge on any atom is 0.243 e. The highest BCUT2D eigenvalue weighted by Gasteiger charge is 2.15. The Morgan fingerprint density at radius 3 is 2.69 bits per heavy atom. The average molecular weight is 396 g/mol. The number of carbonyl (C=O) groups is 1. The number of anilines is 2.